The predicted octanol–water partition coefficient (Wildman–Crippen LogP) is -2.27. The number of nitrogens with zero attached hydrogens (tertiary/aromatic N) is 1. The molecule has 1 aliphatic carbocycles. The predicted molar refractivity (Wildman–Crippen MR) is 57.5 cm³/mol. The average molecular weight is 242 g/mol. The molecule has 0 aliphatic heterocycles. The first-order valence-electron chi connectivity index (χ1n) is 5.28. The molecule has 0 fully saturated rings. The summed E-state index contributed by atoms with van der Waals surface area (Å²) in [6, 6.07) is 0. The van der Waals surface area contributed by atoms with E-state index in [9.17, 15) is 15.0 Å². The average Bonchev–Trinajstić information content (AvgIpc) is 2.23. The molecule has 6 nitrogen and oxygen atoms in total. The molecule has 1 rings (SSSR count). The zero-order chi connectivity index (χ0) is 13.1. The van der Waals surface area contributed by atoms with Crippen molar-refractivity contribution in [1.29, 1.82) is 0 Å². The molecular weight excluding hydrogens is 226 g/mol. The molecule has 1 unspecified atom stereocenters. The maximum Gasteiger partial charge on any atom is 0.183 e. The van der Waals surface area contributed by atoms with E-state index in [2.05, 4.69) is 0 Å². The van der Waals surface area contributed by atoms with Crippen LogP contribution in [0.5, 0.6) is 0 Å². The van der Waals surface area contributed by atoms with Crippen LogP contribution in [-0.4, -0.2) is 58.1 Å². The van der Waals surface area contributed by atoms with Crippen LogP contribution in [0.1, 0.15) is 6.92 Å². The van der Waals surface area contributed by atoms with Crippen LogP contribution in [0.3, 0.4) is 0 Å². The van der Waals surface area contributed by atoms with E-state index in [1.807, 2.05) is 0 Å². The third kappa shape index (κ3) is 3.13. The number of rotatable bonds is 5. The van der Waals surface area contributed by atoms with Crippen LogP contribution < -0.4 is 5.11 Å². The molecule has 0 bridgehead atoms. The number of aliphatic hydroxyl groups excluding tert-OH is 2. The number of allylic oxidation sites excluding steroid dienone is 2. The van der Waals surface area contributed by atoms with E-state index in [0.717, 1.165) is 12.2 Å². The first kappa shape index (κ1) is 13.9. The van der Waals surface area contributed by atoms with Crippen LogP contribution in [0, 0.1) is 0 Å². The highest BCUT2D eigenvalue weighted by Crippen LogP contribution is 2.23. The molecular formula is C11H16NO5-. The van der Waals surface area contributed by atoms with Gasteiger partial charge in [0.15, 0.2) is 5.78 Å². The van der Waals surface area contributed by atoms with Gasteiger partial charge >= 0.3 is 0 Å². The van der Waals surface area contributed by atoms with Crippen LogP contribution in [0.25, 0.3) is 0 Å². The summed E-state index contributed by atoms with van der Waals surface area (Å²) in [5.41, 5.74) is 0.0374. The van der Waals surface area contributed by atoms with Gasteiger partial charge in [-0.2, -0.15) is 0 Å². The lowest BCUT2D eigenvalue weighted by Crippen LogP contribution is -2.52. The van der Waals surface area contributed by atoms with Crippen molar-refractivity contribution in [3.63, 3.8) is 0 Å². The molecule has 96 valence electrons. The van der Waals surface area contributed by atoms with E-state index in [1.165, 1.54) is 11.8 Å². The lowest BCUT2D eigenvalue weighted by molar-refractivity contribution is -0.515. The standard InChI is InChI=1S/C11H16NO5/c1-8-7-11(16,17)10(6-9(8)15)12(2-4-13)3-5-14/h6-7,13-14,16H,2-5H2,1H3/q-1. The number of ketones is 1. The normalized spacial score (nSPS) is 24.4. The van der Waals surface area contributed by atoms with Crippen LogP contribution in [-0.2, 0) is 4.79 Å². The minimum Gasteiger partial charge on any atom is -0.821 e. The molecule has 0 saturated carbocycles. The summed E-state index contributed by atoms with van der Waals surface area (Å²) in [5, 5.41) is 39.2. The van der Waals surface area contributed by atoms with Crippen molar-refractivity contribution in [2.45, 2.75) is 12.7 Å². The number of aliphatic hydroxyl groups is 3. The number of hydrogen-bond acceptors (Lipinski definition) is 6. The summed E-state index contributed by atoms with van der Waals surface area (Å²) in [7, 11) is 0. The lowest BCUT2D eigenvalue weighted by atomic mass is 9.97. The Morgan fingerprint density at radius 1 is 1.35 bits per heavy atom. The maximum atomic E-state index is 11.9. The second-order valence-electron chi connectivity index (χ2n) is 3.85. The Labute approximate surface area is 99.1 Å². The molecule has 17 heavy (non-hydrogen) atoms. The van der Waals surface area contributed by atoms with Gasteiger partial charge in [0.25, 0.3) is 0 Å². The molecule has 0 saturated heterocycles. The van der Waals surface area contributed by atoms with Crippen LogP contribution in [0.15, 0.2) is 23.4 Å². The van der Waals surface area contributed by atoms with Gasteiger partial charge in [0.1, 0.15) is 0 Å². The molecule has 3 N–H and O–H groups in total. The molecule has 6 heteroatoms. The topological polar surface area (TPSA) is 104 Å². The van der Waals surface area contributed by atoms with E-state index in [1.54, 1.807) is 0 Å². The minimum absolute atomic E-state index is 0.0666. The Kier molecular flexibility index (Phi) is 4.41. The SMILES string of the molecule is CC1=CC([O-])(O)C(N(CCO)CCO)=CC1=O. The van der Waals surface area contributed by atoms with Crippen molar-refractivity contribution >= 4 is 5.78 Å². The van der Waals surface area contributed by atoms with E-state index >= 15 is 0 Å². The van der Waals surface area contributed by atoms with Gasteiger partial charge in [-0.3, -0.25) is 4.79 Å². The van der Waals surface area contributed by atoms with E-state index in [-0.39, 0.29) is 43.4 Å². The fraction of sp³-hybridized carbons (Fsp3) is 0.545. The van der Waals surface area contributed by atoms with Crippen molar-refractivity contribution in [2.75, 3.05) is 26.3 Å². The second kappa shape index (κ2) is 5.42. The van der Waals surface area contributed by atoms with Gasteiger partial charge in [-0.05, 0) is 12.5 Å². The molecule has 0 aromatic carbocycles. The van der Waals surface area contributed by atoms with E-state index in [4.69, 9.17) is 10.2 Å². The first-order chi connectivity index (χ1) is 7.92. The fourth-order valence-electron chi connectivity index (χ4n) is 1.69. The van der Waals surface area contributed by atoms with Crippen molar-refractivity contribution in [1.82, 2.24) is 4.90 Å². The number of carbonyl (C=O) groups is 1. The van der Waals surface area contributed by atoms with Gasteiger partial charge in [0.2, 0.25) is 0 Å². The van der Waals surface area contributed by atoms with Crippen molar-refractivity contribution in [3.05, 3.63) is 23.4 Å². The zero-order valence-electron chi connectivity index (χ0n) is 9.59. The molecule has 0 radical (unpaired) electrons. The molecule has 1 aliphatic rings. The van der Waals surface area contributed by atoms with Gasteiger partial charge in [-0.25, -0.2) is 0 Å². The Morgan fingerprint density at radius 3 is 2.35 bits per heavy atom. The van der Waals surface area contributed by atoms with E-state index < -0.39 is 5.79 Å². The molecule has 0 heterocycles. The Balaban J connectivity index is 3.01. The summed E-state index contributed by atoms with van der Waals surface area (Å²) in [4.78, 5) is 12.8. The Hall–Kier alpha value is -1.21. The highest BCUT2D eigenvalue weighted by Gasteiger charge is 2.27. The number of hydrogen-bond donors (Lipinski definition) is 3. The van der Waals surface area contributed by atoms with Crippen molar-refractivity contribution in [2.24, 2.45) is 0 Å². The smallest absolute Gasteiger partial charge is 0.183 e. The van der Waals surface area contributed by atoms with E-state index in [0.29, 0.717) is 0 Å². The van der Waals surface area contributed by atoms with Crippen LogP contribution in [0.2, 0.25) is 0 Å². The lowest BCUT2D eigenvalue weighted by Gasteiger charge is -2.42. The number of carbonyl (C=O) groups excluding carboxylic acids is 1. The minimum atomic E-state index is -2.50. The van der Waals surface area contributed by atoms with Gasteiger partial charge in [-0.1, -0.05) is 6.08 Å². The van der Waals surface area contributed by atoms with Gasteiger partial charge in [0.05, 0.1) is 19.0 Å². The quantitative estimate of drug-likeness (QED) is 0.470. The zero-order valence-corrected chi connectivity index (χ0v) is 9.59. The third-order valence-electron chi connectivity index (χ3n) is 2.52. The second-order valence-corrected chi connectivity index (χ2v) is 3.85. The third-order valence-corrected chi connectivity index (χ3v) is 2.52. The van der Waals surface area contributed by atoms with Crippen molar-refractivity contribution < 1.29 is 25.2 Å². The summed E-state index contributed by atoms with van der Waals surface area (Å²) in [6.07, 6.45) is 1.99. The summed E-state index contributed by atoms with van der Waals surface area (Å²) in [5.74, 6) is -2.86. The summed E-state index contributed by atoms with van der Waals surface area (Å²) < 4.78 is 0. The summed E-state index contributed by atoms with van der Waals surface area (Å²) >= 11 is 0. The fourth-order valence-corrected chi connectivity index (χ4v) is 1.69. The largest absolute Gasteiger partial charge is 0.821 e. The monoisotopic (exact) mass is 242 g/mol. The Morgan fingerprint density at radius 2 is 1.88 bits per heavy atom. The first-order valence-corrected chi connectivity index (χ1v) is 5.28. The van der Waals surface area contributed by atoms with Crippen LogP contribution in [0.4, 0.5) is 0 Å². The molecule has 0 aromatic heterocycles. The van der Waals surface area contributed by atoms with Gasteiger partial charge in [0, 0.05) is 24.9 Å². The highest BCUT2D eigenvalue weighted by molar-refractivity contribution is 6.05. The van der Waals surface area contributed by atoms with Gasteiger partial charge < -0.3 is 25.3 Å². The highest BCUT2D eigenvalue weighted by atomic mass is 16.5. The molecule has 0 spiro atoms. The van der Waals surface area contributed by atoms with Gasteiger partial charge in [-0.15, -0.1) is 0 Å². The molecule has 1 atom stereocenters. The molecule has 0 aromatic rings. The van der Waals surface area contributed by atoms with Crippen LogP contribution >= 0.6 is 0 Å². The maximum absolute atomic E-state index is 11.9. The molecule has 0 amide bonds. The Bertz CT molecular complexity index is 353. The van der Waals surface area contributed by atoms with Crippen molar-refractivity contribution in [3.8, 4) is 0 Å². The summed E-state index contributed by atoms with van der Waals surface area (Å²) in [6.45, 7) is 1.09.